The zero-order chi connectivity index (χ0) is 25.0. The van der Waals surface area contributed by atoms with E-state index >= 15 is 0 Å². The highest BCUT2D eigenvalue weighted by Gasteiger charge is 2.75. The molecule has 3 amide bonds. The molecule has 192 valence electrons. The molecule has 35 heavy (non-hydrogen) atoms. The Morgan fingerprint density at radius 3 is 2.37 bits per heavy atom. The molecule has 0 bridgehead atoms. The van der Waals surface area contributed by atoms with Gasteiger partial charge in [-0.15, -0.1) is 0 Å². The van der Waals surface area contributed by atoms with Gasteiger partial charge in [-0.3, -0.25) is 14.4 Å². The Morgan fingerprint density at radius 2 is 1.71 bits per heavy atom. The first-order valence-corrected chi connectivity index (χ1v) is 13.4. The third-order valence-corrected chi connectivity index (χ3v) is 9.20. The molecule has 1 N–H and O–H groups in total. The molecule has 0 aromatic carbocycles. The monoisotopic (exact) mass is 485 g/mol. The Hall–Kier alpha value is -2.19. The van der Waals surface area contributed by atoms with Gasteiger partial charge in [-0.05, 0) is 25.7 Å². The van der Waals surface area contributed by atoms with Gasteiger partial charge in [0.1, 0.15) is 11.6 Å². The fraction of sp³-hybridized carbons (Fsp3) is 0.741. The van der Waals surface area contributed by atoms with Crippen LogP contribution >= 0.6 is 0 Å². The lowest BCUT2D eigenvalue weighted by Gasteiger charge is -2.42. The van der Waals surface area contributed by atoms with E-state index in [4.69, 9.17) is 4.74 Å². The van der Waals surface area contributed by atoms with E-state index in [1.54, 1.807) is 16.8 Å². The second-order valence-corrected chi connectivity index (χ2v) is 10.9. The lowest BCUT2D eigenvalue weighted by molar-refractivity contribution is -0.158. The molecule has 4 aliphatic heterocycles. The van der Waals surface area contributed by atoms with Gasteiger partial charge in [0.15, 0.2) is 0 Å². The number of rotatable bonds is 5. The van der Waals surface area contributed by atoms with Gasteiger partial charge in [-0.25, -0.2) is 0 Å². The summed E-state index contributed by atoms with van der Waals surface area (Å²) in [4.78, 5) is 47.5. The van der Waals surface area contributed by atoms with Crippen LogP contribution in [-0.2, 0) is 19.1 Å². The number of ether oxygens (including phenoxy) is 1. The van der Waals surface area contributed by atoms with Crippen LogP contribution < -0.4 is 0 Å². The van der Waals surface area contributed by atoms with E-state index in [1.165, 1.54) is 6.42 Å². The van der Waals surface area contributed by atoms with E-state index < -0.39 is 35.1 Å². The minimum Gasteiger partial charge on any atom is -0.394 e. The molecule has 0 aromatic heterocycles. The maximum atomic E-state index is 14.4. The van der Waals surface area contributed by atoms with Crippen molar-refractivity contribution in [2.24, 2.45) is 11.8 Å². The highest BCUT2D eigenvalue weighted by Crippen LogP contribution is 2.59. The largest absolute Gasteiger partial charge is 0.394 e. The first-order valence-electron chi connectivity index (χ1n) is 13.4. The van der Waals surface area contributed by atoms with E-state index in [9.17, 15) is 19.5 Å². The van der Waals surface area contributed by atoms with Gasteiger partial charge < -0.3 is 24.5 Å². The standard InChI is InChI=1S/C27H39N3O5/c1-4-18(17-31)30-22-25(34)29(19-11-7-6-8-12-19)16-10-14-27(22)21(24(30)33)20-23(32)28(3)15-9-13-26(20,5-2)35-27/h9-10,13-14,18-22,31H,4-8,11-12,15-17H2,1-3H3/t18-,20+,21-,22?,26-,27-/m0/s1. The maximum Gasteiger partial charge on any atom is 0.249 e. The van der Waals surface area contributed by atoms with Gasteiger partial charge in [-0.1, -0.05) is 57.4 Å². The van der Waals surface area contributed by atoms with Crippen molar-refractivity contribution in [2.45, 2.75) is 88.1 Å². The summed E-state index contributed by atoms with van der Waals surface area (Å²) in [5.41, 5.74) is -2.18. The molecule has 1 spiro atoms. The minimum atomic E-state index is -1.24. The van der Waals surface area contributed by atoms with Crippen LogP contribution in [0, 0.1) is 11.8 Å². The van der Waals surface area contributed by atoms with Crippen LogP contribution in [0.5, 0.6) is 0 Å². The molecule has 8 heteroatoms. The molecule has 5 rings (SSSR count). The summed E-state index contributed by atoms with van der Waals surface area (Å²) in [5.74, 6) is -2.02. The Morgan fingerprint density at radius 1 is 1.00 bits per heavy atom. The highest BCUT2D eigenvalue weighted by molar-refractivity contribution is 6.00. The molecular formula is C27H39N3O5. The number of likely N-dealkylation sites (tertiary alicyclic amines) is 1. The predicted octanol–water partition coefficient (Wildman–Crippen LogP) is 1.88. The van der Waals surface area contributed by atoms with Gasteiger partial charge in [0.05, 0.1) is 30.1 Å². The number of hydrogen-bond acceptors (Lipinski definition) is 5. The fourth-order valence-electron chi connectivity index (χ4n) is 7.37. The van der Waals surface area contributed by atoms with E-state index in [1.807, 2.05) is 43.1 Å². The molecular weight excluding hydrogens is 446 g/mol. The number of carbonyl (C=O) groups is 3. The number of carbonyl (C=O) groups excluding carboxylic acids is 3. The summed E-state index contributed by atoms with van der Waals surface area (Å²) in [7, 11) is 1.75. The molecule has 8 nitrogen and oxygen atoms in total. The first kappa shape index (κ1) is 24.5. The summed E-state index contributed by atoms with van der Waals surface area (Å²) in [5, 5.41) is 10.2. The number of hydrogen-bond donors (Lipinski definition) is 1. The van der Waals surface area contributed by atoms with Gasteiger partial charge in [0.2, 0.25) is 17.7 Å². The van der Waals surface area contributed by atoms with Crippen LogP contribution in [0.15, 0.2) is 24.3 Å². The number of likely N-dealkylation sites (N-methyl/N-ethyl adjacent to an activating group) is 1. The summed E-state index contributed by atoms with van der Waals surface area (Å²) in [6.07, 6.45) is 14.1. The topological polar surface area (TPSA) is 90.4 Å². The van der Waals surface area contributed by atoms with E-state index in [-0.39, 0.29) is 30.4 Å². The number of aliphatic hydroxyl groups is 1. The molecule has 6 atom stereocenters. The Bertz CT molecular complexity index is 939. The second-order valence-electron chi connectivity index (χ2n) is 10.9. The zero-order valence-corrected chi connectivity index (χ0v) is 21.2. The molecule has 1 saturated carbocycles. The number of amides is 3. The summed E-state index contributed by atoms with van der Waals surface area (Å²) in [6.45, 7) is 4.59. The van der Waals surface area contributed by atoms with Crippen molar-refractivity contribution in [3.05, 3.63) is 24.3 Å². The summed E-state index contributed by atoms with van der Waals surface area (Å²) < 4.78 is 6.93. The molecule has 0 radical (unpaired) electrons. The Labute approximate surface area is 207 Å². The molecule has 4 heterocycles. The Kier molecular flexibility index (Phi) is 6.33. The average Bonchev–Trinajstić information content (AvgIpc) is 3.17. The van der Waals surface area contributed by atoms with Crippen molar-refractivity contribution < 1.29 is 24.2 Å². The van der Waals surface area contributed by atoms with Crippen LogP contribution in [0.1, 0.15) is 58.8 Å². The molecule has 3 fully saturated rings. The van der Waals surface area contributed by atoms with Gasteiger partial charge in [0.25, 0.3) is 0 Å². The van der Waals surface area contributed by atoms with E-state index in [0.717, 1.165) is 25.7 Å². The van der Waals surface area contributed by atoms with Crippen molar-refractivity contribution in [2.75, 3.05) is 26.7 Å². The zero-order valence-electron chi connectivity index (χ0n) is 21.2. The first-order chi connectivity index (χ1) is 16.8. The van der Waals surface area contributed by atoms with Crippen LogP contribution in [0.25, 0.3) is 0 Å². The smallest absolute Gasteiger partial charge is 0.249 e. The van der Waals surface area contributed by atoms with E-state index in [2.05, 4.69) is 0 Å². The van der Waals surface area contributed by atoms with Crippen molar-refractivity contribution >= 4 is 17.7 Å². The van der Waals surface area contributed by atoms with Crippen molar-refractivity contribution in [3.63, 3.8) is 0 Å². The van der Waals surface area contributed by atoms with Crippen LogP contribution in [0.4, 0.5) is 0 Å². The van der Waals surface area contributed by atoms with Gasteiger partial charge in [-0.2, -0.15) is 0 Å². The number of nitrogens with zero attached hydrogens (tertiary/aromatic N) is 3. The molecule has 1 unspecified atom stereocenters. The Balaban J connectivity index is 1.66. The fourth-order valence-corrected chi connectivity index (χ4v) is 7.37. The summed E-state index contributed by atoms with van der Waals surface area (Å²) >= 11 is 0. The molecule has 0 aromatic rings. The van der Waals surface area contributed by atoms with E-state index in [0.29, 0.717) is 25.9 Å². The quantitative estimate of drug-likeness (QED) is 0.601. The third-order valence-electron chi connectivity index (χ3n) is 9.20. The number of aliphatic hydroxyl groups excluding tert-OH is 1. The van der Waals surface area contributed by atoms with Crippen LogP contribution in [0.2, 0.25) is 0 Å². The SMILES string of the molecule is CC[C@@H](CO)N1C(=O)[C@@H]2[C@@H]3C(=O)N(C)CC=C[C@]3(CC)O[C@@]23C=CCN(C2CCCCC2)C(=O)C13. The van der Waals surface area contributed by atoms with Crippen molar-refractivity contribution in [1.82, 2.24) is 14.7 Å². The highest BCUT2D eigenvalue weighted by atomic mass is 16.5. The van der Waals surface area contributed by atoms with Crippen LogP contribution in [0.3, 0.4) is 0 Å². The molecule has 5 aliphatic rings. The minimum absolute atomic E-state index is 0.114. The maximum absolute atomic E-state index is 14.4. The molecule has 1 aliphatic carbocycles. The lowest BCUT2D eigenvalue weighted by Crippen LogP contribution is -2.60. The number of fused-ring (bicyclic) bond motifs is 2. The predicted molar refractivity (Wildman–Crippen MR) is 130 cm³/mol. The van der Waals surface area contributed by atoms with Gasteiger partial charge in [0, 0.05) is 26.2 Å². The third kappa shape index (κ3) is 3.43. The van der Waals surface area contributed by atoms with Crippen LogP contribution in [-0.4, -0.2) is 93.6 Å². The summed E-state index contributed by atoms with van der Waals surface area (Å²) in [6, 6.07) is -1.26. The van der Waals surface area contributed by atoms with Crippen molar-refractivity contribution in [1.29, 1.82) is 0 Å². The average molecular weight is 486 g/mol. The van der Waals surface area contributed by atoms with Crippen molar-refractivity contribution in [3.8, 4) is 0 Å². The second kappa shape index (κ2) is 9.04. The van der Waals surface area contributed by atoms with Gasteiger partial charge >= 0.3 is 0 Å². The lowest BCUT2D eigenvalue weighted by atomic mass is 9.73. The molecule has 2 saturated heterocycles. The normalized spacial score (nSPS) is 38.3.